The lowest BCUT2D eigenvalue weighted by atomic mass is 9.81. The predicted octanol–water partition coefficient (Wildman–Crippen LogP) is 2.89. The first-order chi connectivity index (χ1) is 8.28. The molecule has 0 amide bonds. The van der Waals surface area contributed by atoms with Crippen LogP contribution in [0.5, 0.6) is 0 Å². The lowest BCUT2D eigenvalue weighted by Gasteiger charge is -2.33. The van der Waals surface area contributed by atoms with Crippen LogP contribution in [0.2, 0.25) is 0 Å². The normalized spacial score (nSPS) is 36.0. The molecule has 2 nitrogen and oxygen atoms in total. The quantitative estimate of drug-likeness (QED) is 0.810. The van der Waals surface area contributed by atoms with Crippen LogP contribution in [0.3, 0.4) is 0 Å². The maximum absolute atomic E-state index is 3.81. The van der Waals surface area contributed by atoms with Crippen molar-refractivity contribution in [3.05, 3.63) is 0 Å². The topological polar surface area (TPSA) is 15.3 Å². The second-order valence-corrected chi connectivity index (χ2v) is 6.30. The minimum Gasteiger partial charge on any atom is -0.312 e. The maximum atomic E-state index is 3.81. The lowest BCUT2D eigenvalue weighted by molar-refractivity contribution is 0.206. The fourth-order valence-electron chi connectivity index (χ4n) is 3.51. The summed E-state index contributed by atoms with van der Waals surface area (Å²) < 4.78 is 0. The predicted molar refractivity (Wildman–Crippen MR) is 74.3 cm³/mol. The SMILES string of the molecule is CCC1CCC(CNC2CCCN(C)C2)CC1. The van der Waals surface area contributed by atoms with Gasteiger partial charge in [-0.15, -0.1) is 0 Å². The Morgan fingerprint density at radius 3 is 2.41 bits per heavy atom. The number of likely N-dealkylation sites (tertiary alicyclic amines) is 1. The Labute approximate surface area is 107 Å². The smallest absolute Gasteiger partial charge is 0.0195 e. The number of likely N-dealkylation sites (N-methyl/N-ethyl adjacent to an activating group) is 1. The third-order valence-corrected chi connectivity index (χ3v) is 4.86. The number of piperidine rings is 1. The highest BCUT2D eigenvalue weighted by Gasteiger charge is 2.22. The van der Waals surface area contributed by atoms with Crippen molar-refractivity contribution in [2.24, 2.45) is 11.8 Å². The minimum atomic E-state index is 0.762. The summed E-state index contributed by atoms with van der Waals surface area (Å²) in [5, 5.41) is 3.81. The van der Waals surface area contributed by atoms with E-state index in [1.54, 1.807) is 0 Å². The molecule has 0 aromatic heterocycles. The molecule has 100 valence electrons. The van der Waals surface area contributed by atoms with Gasteiger partial charge in [-0.05, 0) is 57.7 Å². The van der Waals surface area contributed by atoms with Crippen molar-refractivity contribution >= 4 is 0 Å². The Bertz CT molecular complexity index is 209. The molecule has 0 aromatic rings. The molecule has 0 bridgehead atoms. The van der Waals surface area contributed by atoms with Gasteiger partial charge in [0.1, 0.15) is 0 Å². The van der Waals surface area contributed by atoms with Crippen LogP contribution in [-0.2, 0) is 0 Å². The van der Waals surface area contributed by atoms with E-state index in [2.05, 4.69) is 24.2 Å². The zero-order chi connectivity index (χ0) is 12.1. The van der Waals surface area contributed by atoms with Crippen LogP contribution >= 0.6 is 0 Å². The molecule has 1 saturated heterocycles. The highest BCUT2D eigenvalue weighted by molar-refractivity contribution is 4.79. The Balaban J connectivity index is 1.62. The fourth-order valence-corrected chi connectivity index (χ4v) is 3.51. The third-order valence-electron chi connectivity index (χ3n) is 4.86. The van der Waals surface area contributed by atoms with Gasteiger partial charge in [-0.25, -0.2) is 0 Å². The van der Waals surface area contributed by atoms with Crippen molar-refractivity contribution in [2.75, 3.05) is 26.7 Å². The Kier molecular flexibility index (Phi) is 5.30. The number of hydrogen-bond acceptors (Lipinski definition) is 2. The van der Waals surface area contributed by atoms with Crippen LogP contribution in [0.15, 0.2) is 0 Å². The van der Waals surface area contributed by atoms with E-state index in [9.17, 15) is 0 Å². The molecule has 0 spiro atoms. The molecule has 17 heavy (non-hydrogen) atoms. The van der Waals surface area contributed by atoms with Gasteiger partial charge in [0, 0.05) is 12.6 Å². The molecule has 2 fully saturated rings. The number of nitrogens with one attached hydrogen (secondary N) is 1. The molecule has 1 saturated carbocycles. The Morgan fingerprint density at radius 2 is 1.76 bits per heavy atom. The number of nitrogens with zero attached hydrogens (tertiary/aromatic N) is 1. The molecule has 2 aliphatic rings. The van der Waals surface area contributed by atoms with Crippen molar-refractivity contribution in [1.29, 1.82) is 0 Å². The average Bonchev–Trinajstić information content (AvgIpc) is 2.37. The van der Waals surface area contributed by atoms with Gasteiger partial charge in [0.2, 0.25) is 0 Å². The van der Waals surface area contributed by atoms with Crippen molar-refractivity contribution in [3.63, 3.8) is 0 Å². The first-order valence-corrected chi connectivity index (χ1v) is 7.69. The van der Waals surface area contributed by atoms with Gasteiger partial charge in [0.15, 0.2) is 0 Å². The Hall–Kier alpha value is -0.0800. The molecule has 2 heteroatoms. The summed E-state index contributed by atoms with van der Waals surface area (Å²) in [6.07, 6.45) is 10.0. The summed E-state index contributed by atoms with van der Waals surface area (Å²) in [6, 6.07) is 0.762. The standard InChI is InChI=1S/C15H30N2/c1-3-13-6-8-14(9-7-13)11-16-15-5-4-10-17(2)12-15/h13-16H,3-12H2,1-2H3. The van der Waals surface area contributed by atoms with Gasteiger partial charge in [-0.1, -0.05) is 26.2 Å². The largest absolute Gasteiger partial charge is 0.312 e. The Morgan fingerprint density at radius 1 is 1.06 bits per heavy atom. The number of hydrogen-bond donors (Lipinski definition) is 1. The lowest BCUT2D eigenvalue weighted by Crippen LogP contribution is -2.45. The summed E-state index contributed by atoms with van der Waals surface area (Å²) >= 11 is 0. The van der Waals surface area contributed by atoms with Gasteiger partial charge in [0.05, 0.1) is 0 Å². The van der Waals surface area contributed by atoms with E-state index in [1.807, 2.05) is 0 Å². The monoisotopic (exact) mass is 238 g/mol. The van der Waals surface area contributed by atoms with E-state index in [0.717, 1.165) is 17.9 Å². The summed E-state index contributed by atoms with van der Waals surface area (Å²) in [6.45, 7) is 6.17. The molecular weight excluding hydrogens is 208 g/mol. The summed E-state index contributed by atoms with van der Waals surface area (Å²) in [4.78, 5) is 2.47. The van der Waals surface area contributed by atoms with E-state index in [-0.39, 0.29) is 0 Å². The van der Waals surface area contributed by atoms with Crippen molar-refractivity contribution in [3.8, 4) is 0 Å². The molecule has 0 aromatic carbocycles. The van der Waals surface area contributed by atoms with Crippen LogP contribution in [0.4, 0.5) is 0 Å². The van der Waals surface area contributed by atoms with Crippen LogP contribution in [0.25, 0.3) is 0 Å². The highest BCUT2D eigenvalue weighted by Crippen LogP contribution is 2.30. The zero-order valence-electron chi connectivity index (χ0n) is 11.8. The molecule has 1 aliphatic carbocycles. The van der Waals surface area contributed by atoms with Crippen molar-refractivity contribution in [2.45, 2.75) is 57.9 Å². The van der Waals surface area contributed by atoms with E-state index < -0.39 is 0 Å². The van der Waals surface area contributed by atoms with Gasteiger partial charge in [0.25, 0.3) is 0 Å². The zero-order valence-corrected chi connectivity index (χ0v) is 11.8. The molecular formula is C15H30N2. The average molecular weight is 238 g/mol. The first kappa shape index (κ1) is 13.4. The van der Waals surface area contributed by atoms with Crippen molar-refractivity contribution < 1.29 is 0 Å². The van der Waals surface area contributed by atoms with Crippen LogP contribution in [0.1, 0.15) is 51.9 Å². The molecule has 1 unspecified atom stereocenters. The van der Waals surface area contributed by atoms with Gasteiger partial charge >= 0.3 is 0 Å². The maximum Gasteiger partial charge on any atom is 0.0195 e. The van der Waals surface area contributed by atoms with Crippen molar-refractivity contribution in [1.82, 2.24) is 10.2 Å². The van der Waals surface area contributed by atoms with Gasteiger partial charge in [-0.2, -0.15) is 0 Å². The van der Waals surface area contributed by atoms with E-state index in [1.165, 1.54) is 64.6 Å². The minimum absolute atomic E-state index is 0.762. The molecule has 1 N–H and O–H groups in total. The summed E-state index contributed by atoms with van der Waals surface area (Å²) in [7, 11) is 2.25. The second-order valence-electron chi connectivity index (χ2n) is 6.30. The molecule has 2 rings (SSSR count). The highest BCUT2D eigenvalue weighted by atomic mass is 15.1. The van der Waals surface area contributed by atoms with Crippen LogP contribution in [0, 0.1) is 11.8 Å². The van der Waals surface area contributed by atoms with Crippen LogP contribution < -0.4 is 5.32 Å². The van der Waals surface area contributed by atoms with E-state index >= 15 is 0 Å². The molecule has 1 atom stereocenters. The van der Waals surface area contributed by atoms with Gasteiger partial charge < -0.3 is 10.2 Å². The molecule has 1 heterocycles. The van der Waals surface area contributed by atoms with Gasteiger partial charge in [-0.3, -0.25) is 0 Å². The second kappa shape index (κ2) is 6.75. The van der Waals surface area contributed by atoms with E-state index in [4.69, 9.17) is 0 Å². The fraction of sp³-hybridized carbons (Fsp3) is 1.00. The third kappa shape index (κ3) is 4.26. The van der Waals surface area contributed by atoms with Crippen LogP contribution in [-0.4, -0.2) is 37.6 Å². The summed E-state index contributed by atoms with van der Waals surface area (Å²) in [5.74, 6) is 2.00. The summed E-state index contributed by atoms with van der Waals surface area (Å²) in [5.41, 5.74) is 0. The molecule has 1 aliphatic heterocycles. The first-order valence-electron chi connectivity index (χ1n) is 7.69. The van der Waals surface area contributed by atoms with E-state index in [0.29, 0.717) is 0 Å². The number of rotatable bonds is 4. The molecule has 0 radical (unpaired) electrons.